The average molecular weight is 258 g/mol. The Kier molecular flexibility index (Phi) is 4.95. The molecule has 0 aromatic rings. The van der Waals surface area contributed by atoms with E-state index in [-0.39, 0.29) is 12.6 Å². The van der Waals surface area contributed by atoms with E-state index >= 15 is 0 Å². The molecule has 1 atom stereocenters. The van der Waals surface area contributed by atoms with Crippen LogP contribution in [-0.2, 0) is 4.79 Å². The number of carboxylic acid groups (broad SMARTS) is 1. The van der Waals surface area contributed by atoms with E-state index in [4.69, 9.17) is 5.11 Å². The molecule has 0 aromatic heterocycles. The number of nitrogens with one attached hydrogen (secondary N) is 1. The quantitative estimate of drug-likeness (QED) is 0.698. The third-order valence-electron chi connectivity index (χ3n) is 3.30. The number of hydrogen-bond donors (Lipinski definition) is 3. The lowest BCUT2D eigenvalue weighted by molar-refractivity contribution is -0.143. The van der Waals surface area contributed by atoms with Crippen LogP contribution in [0.3, 0.4) is 0 Å². The lowest BCUT2D eigenvalue weighted by Crippen LogP contribution is -2.56. The second kappa shape index (κ2) is 6.04. The monoisotopic (exact) mass is 258 g/mol. The van der Waals surface area contributed by atoms with Crippen LogP contribution < -0.4 is 5.32 Å². The molecule has 0 radical (unpaired) electrons. The zero-order chi connectivity index (χ0) is 13.8. The van der Waals surface area contributed by atoms with Crippen LogP contribution in [0.4, 0.5) is 4.79 Å². The van der Waals surface area contributed by atoms with Crippen LogP contribution in [-0.4, -0.2) is 51.8 Å². The third-order valence-corrected chi connectivity index (χ3v) is 3.30. The molecule has 1 heterocycles. The number of likely N-dealkylation sites (tertiary alicyclic amines) is 1. The Bertz CT molecular complexity index is 317. The highest BCUT2D eigenvalue weighted by atomic mass is 16.4. The molecule has 1 aliphatic heterocycles. The molecule has 1 rings (SSSR count). The van der Waals surface area contributed by atoms with Crippen molar-refractivity contribution in [3.8, 4) is 0 Å². The van der Waals surface area contributed by atoms with Gasteiger partial charge >= 0.3 is 12.0 Å². The smallest absolute Gasteiger partial charge is 0.328 e. The van der Waals surface area contributed by atoms with Gasteiger partial charge in [-0.15, -0.1) is 0 Å². The Hall–Kier alpha value is -1.30. The number of amides is 2. The van der Waals surface area contributed by atoms with Crippen molar-refractivity contribution in [2.75, 3.05) is 13.2 Å². The van der Waals surface area contributed by atoms with Gasteiger partial charge in [-0.2, -0.15) is 0 Å². The van der Waals surface area contributed by atoms with Crippen LogP contribution in [0.5, 0.6) is 0 Å². The fourth-order valence-electron chi connectivity index (χ4n) is 2.03. The molecule has 2 amide bonds. The van der Waals surface area contributed by atoms with Crippen LogP contribution in [0, 0.1) is 0 Å². The number of carboxylic acids is 1. The summed E-state index contributed by atoms with van der Waals surface area (Å²) in [5.74, 6) is -1.08. The van der Waals surface area contributed by atoms with Gasteiger partial charge in [0.2, 0.25) is 0 Å². The van der Waals surface area contributed by atoms with Gasteiger partial charge in [0, 0.05) is 6.54 Å². The predicted molar refractivity (Wildman–Crippen MR) is 66.3 cm³/mol. The standard InChI is InChI=1S/C12H22N2O4/c1-12(2,10(16)17)13-11(18)14-7-5-3-4-6-9(14)8-15/h9,15H,3-8H2,1-2H3,(H,13,18)(H,16,17). The lowest BCUT2D eigenvalue weighted by atomic mass is 10.1. The zero-order valence-corrected chi connectivity index (χ0v) is 11.0. The Balaban J connectivity index is 2.71. The minimum absolute atomic E-state index is 0.0824. The summed E-state index contributed by atoms with van der Waals surface area (Å²) < 4.78 is 0. The minimum atomic E-state index is -1.30. The summed E-state index contributed by atoms with van der Waals surface area (Å²) in [6, 6.07) is -0.625. The molecule has 3 N–H and O–H groups in total. The van der Waals surface area contributed by atoms with Crippen LogP contribution >= 0.6 is 0 Å². The molecule has 6 nitrogen and oxygen atoms in total. The van der Waals surface area contributed by atoms with Gasteiger partial charge < -0.3 is 20.4 Å². The first kappa shape index (κ1) is 14.8. The van der Waals surface area contributed by atoms with Gasteiger partial charge in [-0.05, 0) is 26.7 Å². The number of urea groups is 1. The maximum atomic E-state index is 12.1. The predicted octanol–water partition coefficient (Wildman–Crippen LogP) is 0.796. The lowest BCUT2D eigenvalue weighted by Gasteiger charge is -2.32. The Morgan fingerprint density at radius 2 is 2.00 bits per heavy atom. The van der Waals surface area contributed by atoms with E-state index in [0.717, 1.165) is 25.7 Å². The van der Waals surface area contributed by atoms with E-state index < -0.39 is 17.5 Å². The molecular weight excluding hydrogens is 236 g/mol. The van der Waals surface area contributed by atoms with Crippen LogP contribution in [0.2, 0.25) is 0 Å². The second-order valence-electron chi connectivity index (χ2n) is 5.24. The van der Waals surface area contributed by atoms with Gasteiger partial charge in [0.1, 0.15) is 5.54 Å². The third kappa shape index (κ3) is 3.60. The summed E-state index contributed by atoms with van der Waals surface area (Å²) in [6.07, 6.45) is 3.66. The van der Waals surface area contributed by atoms with Crippen molar-refractivity contribution in [1.29, 1.82) is 0 Å². The number of aliphatic hydroxyl groups excluding tert-OH is 1. The number of aliphatic carboxylic acids is 1. The van der Waals surface area contributed by atoms with Crippen molar-refractivity contribution in [3.63, 3.8) is 0 Å². The Labute approximate surface area is 107 Å². The number of nitrogens with zero attached hydrogens (tertiary/aromatic N) is 1. The highest BCUT2D eigenvalue weighted by molar-refractivity contribution is 5.85. The highest BCUT2D eigenvalue weighted by Crippen LogP contribution is 2.17. The van der Waals surface area contributed by atoms with Gasteiger partial charge in [0.05, 0.1) is 12.6 Å². The van der Waals surface area contributed by atoms with Crippen molar-refractivity contribution < 1.29 is 19.8 Å². The van der Waals surface area contributed by atoms with Crippen molar-refractivity contribution in [2.24, 2.45) is 0 Å². The Morgan fingerprint density at radius 3 is 2.56 bits per heavy atom. The maximum Gasteiger partial charge on any atom is 0.328 e. The maximum absolute atomic E-state index is 12.1. The minimum Gasteiger partial charge on any atom is -0.480 e. The summed E-state index contributed by atoms with van der Waals surface area (Å²) in [6.45, 7) is 3.37. The highest BCUT2D eigenvalue weighted by Gasteiger charge is 2.33. The first-order valence-corrected chi connectivity index (χ1v) is 6.31. The molecule has 104 valence electrons. The normalized spacial score (nSPS) is 21.3. The average Bonchev–Trinajstić information content (AvgIpc) is 2.52. The number of rotatable bonds is 3. The molecule has 0 saturated carbocycles. The first-order valence-electron chi connectivity index (χ1n) is 6.31. The SMILES string of the molecule is CC(C)(NC(=O)N1CCCCCC1CO)C(=O)O. The summed E-state index contributed by atoms with van der Waals surface area (Å²) in [4.78, 5) is 24.6. The van der Waals surface area contributed by atoms with E-state index in [1.165, 1.54) is 13.8 Å². The number of carbonyl (C=O) groups is 2. The number of aliphatic hydroxyl groups is 1. The van der Waals surface area contributed by atoms with Crippen molar-refractivity contribution in [1.82, 2.24) is 10.2 Å². The van der Waals surface area contributed by atoms with E-state index in [1.807, 2.05) is 0 Å². The van der Waals surface area contributed by atoms with E-state index in [0.29, 0.717) is 6.54 Å². The molecule has 1 fully saturated rings. The molecule has 0 spiro atoms. The summed E-state index contributed by atoms with van der Waals surface area (Å²) in [5.41, 5.74) is -1.30. The molecule has 0 aliphatic carbocycles. The van der Waals surface area contributed by atoms with Crippen molar-refractivity contribution in [2.45, 2.75) is 51.1 Å². The molecule has 1 unspecified atom stereocenters. The molecule has 1 saturated heterocycles. The van der Waals surface area contributed by atoms with Crippen molar-refractivity contribution >= 4 is 12.0 Å². The van der Waals surface area contributed by atoms with Crippen LogP contribution in [0.1, 0.15) is 39.5 Å². The second-order valence-corrected chi connectivity index (χ2v) is 5.24. The molecule has 6 heteroatoms. The Morgan fingerprint density at radius 1 is 1.33 bits per heavy atom. The summed E-state index contributed by atoms with van der Waals surface area (Å²) >= 11 is 0. The first-order chi connectivity index (χ1) is 8.38. The van der Waals surface area contributed by atoms with Crippen molar-refractivity contribution in [3.05, 3.63) is 0 Å². The van der Waals surface area contributed by atoms with Gasteiger partial charge in [-0.3, -0.25) is 0 Å². The molecule has 0 aromatic carbocycles. The number of hydrogen-bond acceptors (Lipinski definition) is 3. The van der Waals surface area contributed by atoms with Crippen LogP contribution in [0.25, 0.3) is 0 Å². The van der Waals surface area contributed by atoms with Gasteiger partial charge in [0.25, 0.3) is 0 Å². The summed E-state index contributed by atoms with van der Waals surface area (Å²) in [5, 5.41) is 20.8. The van der Waals surface area contributed by atoms with Gasteiger partial charge in [-0.1, -0.05) is 12.8 Å². The topological polar surface area (TPSA) is 89.9 Å². The fraction of sp³-hybridized carbons (Fsp3) is 0.833. The fourth-order valence-corrected chi connectivity index (χ4v) is 2.03. The zero-order valence-electron chi connectivity index (χ0n) is 11.0. The largest absolute Gasteiger partial charge is 0.480 e. The van der Waals surface area contributed by atoms with Gasteiger partial charge in [-0.25, -0.2) is 9.59 Å². The molecule has 18 heavy (non-hydrogen) atoms. The molecule has 0 bridgehead atoms. The van der Waals surface area contributed by atoms with Gasteiger partial charge in [0.15, 0.2) is 0 Å². The van der Waals surface area contributed by atoms with E-state index in [1.54, 1.807) is 4.90 Å². The molecular formula is C12H22N2O4. The molecule has 1 aliphatic rings. The van der Waals surface area contributed by atoms with E-state index in [2.05, 4.69) is 5.32 Å². The summed E-state index contributed by atoms with van der Waals surface area (Å²) in [7, 11) is 0. The van der Waals surface area contributed by atoms with Crippen LogP contribution in [0.15, 0.2) is 0 Å². The number of carbonyl (C=O) groups excluding carboxylic acids is 1. The van der Waals surface area contributed by atoms with E-state index in [9.17, 15) is 14.7 Å².